The van der Waals surface area contributed by atoms with Crippen LogP contribution in [0, 0.1) is 13.8 Å². The normalized spacial score (nSPS) is 19.9. The van der Waals surface area contributed by atoms with Gasteiger partial charge >= 0.3 is 0 Å². The number of carbonyl (C=O) groups is 1. The number of amides is 1. The molecule has 0 bridgehead atoms. The van der Waals surface area contributed by atoms with Crippen LogP contribution in [0.5, 0.6) is 0 Å². The van der Waals surface area contributed by atoms with Gasteiger partial charge in [0.1, 0.15) is 0 Å². The lowest BCUT2D eigenvalue weighted by Gasteiger charge is -2.25. The Hall–Kier alpha value is -2.17. The van der Waals surface area contributed by atoms with Crippen LogP contribution in [0.3, 0.4) is 0 Å². The first-order chi connectivity index (χ1) is 13.5. The Morgan fingerprint density at radius 3 is 2.61 bits per heavy atom. The van der Waals surface area contributed by atoms with Crippen LogP contribution in [0.25, 0.3) is 0 Å². The van der Waals surface area contributed by atoms with Gasteiger partial charge in [-0.05, 0) is 57.0 Å². The molecule has 1 amide bonds. The summed E-state index contributed by atoms with van der Waals surface area (Å²) in [5, 5.41) is 7.16. The summed E-state index contributed by atoms with van der Waals surface area (Å²) in [6, 6.07) is 14.0. The standard InChI is InChI=1S/C23H26ClN3O/c1-16-9-10-18(17(2)13-16)21-14-22(19-7-3-4-8-20(19)24)27(25-21)23(28)15-26-11-5-6-12-26/h3-4,7-10,13,22H,5-6,11-12,14-15H2,1-2H3/t22-/m1/s1. The molecule has 0 N–H and O–H groups in total. The van der Waals surface area contributed by atoms with Gasteiger partial charge in [-0.25, -0.2) is 5.01 Å². The monoisotopic (exact) mass is 395 g/mol. The van der Waals surface area contributed by atoms with Gasteiger partial charge in [0.2, 0.25) is 0 Å². The molecule has 0 unspecified atom stereocenters. The van der Waals surface area contributed by atoms with E-state index in [1.165, 1.54) is 11.1 Å². The highest BCUT2D eigenvalue weighted by Crippen LogP contribution is 2.37. The molecular weight excluding hydrogens is 370 g/mol. The van der Waals surface area contributed by atoms with Gasteiger partial charge in [-0.2, -0.15) is 5.10 Å². The summed E-state index contributed by atoms with van der Waals surface area (Å²) in [6.45, 7) is 6.59. The minimum Gasteiger partial charge on any atom is -0.294 e. The molecule has 2 heterocycles. The zero-order valence-corrected chi connectivity index (χ0v) is 17.2. The molecular formula is C23H26ClN3O. The fraction of sp³-hybridized carbons (Fsp3) is 0.391. The minimum absolute atomic E-state index is 0.0478. The molecule has 0 radical (unpaired) electrons. The van der Waals surface area contributed by atoms with E-state index in [1.54, 1.807) is 5.01 Å². The van der Waals surface area contributed by atoms with E-state index >= 15 is 0 Å². The molecule has 4 rings (SSSR count). The van der Waals surface area contributed by atoms with Crippen LogP contribution < -0.4 is 0 Å². The third-order valence-corrected chi connectivity index (χ3v) is 6.02. The predicted octanol–water partition coefficient (Wildman–Crippen LogP) is 4.73. The fourth-order valence-corrected chi connectivity index (χ4v) is 4.49. The predicted molar refractivity (Wildman–Crippen MR) is 114 cm³/mol. The number of hydrazone groups is 1. The lowest BCUT2D eigenvalue weighted by atomic mass is 9.95. The van der Waals surface area contributed by atoms with E-state index in [9.17, 15) is 4.79 Å². The molecule has 0 spiro atoms. The highest BCUT2D eigenvalue weighted by molar-refractivity contribution is 6.31. The molecule has 0 aromatic heterocycles. The molecule has 2 aliphatic heterocycles. The largest absolute Gasteiger partial charge is 0.294 e. The van der Waals surface area contributed by atoms with Crippen molar-refractivity contribution >= 4 is 23.2 Å². The number of aryl methyl sites for hydroxylation is 2. The molecule has 28 heavy (non-hydrogen) atoms. The molecule has 0 aliphatic carbocycles. The van der Waals surface area contributed by atoms with E-state index in [1.807, 2.05) is 24.3 Å². The Labute approximate surface area is 171 Å². The van der Waals surface area contributed by atoms with Crippen LogP contribution in [0.1, 0.15) is 47.6 Å². The third-order valence-electron chi connectivity index (χ3n) is 5.68. The lowest BCUT2D eigenvalue weighted by molar-refractivity contribution is -0.134. The molecule has 146 valence electrons. The van der Waals surface area contributed by atoms with E-state index in [0.29, 0.717) is 18.0 Å². The summed E-state index contributed by atoms with van der Waals surface area (Å²) >= 11 is 6.49. The number of nitrogens with zero attached hydrogens (tertiary/aromatic N) is 3. The van der Waals surface area contributed by atoms with E-state index in [0.717, 1.165) is 42.8 Å². The van der Waals surface area contributed by atoms with Crippen molar-refractivity contribution in [1.82, 2.24) is 9.91 Å². The van der Waals surface area contributed by atoms with E-state index in [2.05, 4.69) is 36.9 Å². The van der Waals surface area contributed by atoms with Crippen molar-refractivity contribution in [3.63, 3.8) is 0 Å². The molecule has 2 aromatic carbocycles. The first-order valence-electron chi connectivity index (χ1n) is 9.97. The minimum atomic E-state index is -0.153. The summed E-state index contributed by atoms with van der Waals surface area (Å²) < 4.78 is 0. The summed E-state index contributed by atoms with van der Waals surface area (Å²) in [7, 11) is 0. The van der Waals surface area contributed by atoms with Crippen molar-refractivity contribution in [3.05, 3.63) is 69.7 Å². The van der Waals surface area contributed by atoms with Crippen LogP contribution in [0.15, 0.2) is 47.6 Å². The van der Waals surface area contributed by atoms with Gasteiger partial charge in [-0.3, -0.25) is 9.69 Å². The molecule has 1 fully saturated rings. The molecule has 4 nitrogen and oxygen atoms in total. The number of likely N-dealkylation sites (tertiary alicyclic amines) is 1. The van der Waals surface area contributed by atoms with Crippen LogP contribution in [0.2, 0.25) is 5.02 Å². The van der Waals surface area contributed by atoms with Gasteiger partial charge in [0.15, 0.2) is 0 Å². The summed E-state index contributed by atoms with van der Waals surface area (Å²) in [5.74, 6) is 0.0478. The summed E-state index contributed by atoms with van der Waals surface area (Å²) in [5.41, 5.74) is 5.44. The third kappa shape index (κ3) is 3.85. The summed E-state index contributed by atoms with van der Waals surface area (Å²) in [6.07, 6.45) is 3.01. The fourth-order valence-electron chi connectivity index (χ4n) is 4.23. The zero-order valence-electron chi connectivity index (χ0n) is 16.5. The molecule has 5 heteroatoms. The van der Waals surface area contributed by atoms with E-state index < -0.39 is 0 Å². The maximum Gasteiger partial charge on any atom is 0.257 e. The molecule has 0 saturated carbocycles. The highest BCUT2D eigenvalue weighted by Gasteiger charge is 2.35. The second kappa shape index (κ2) is 8.06. The highest BCUT2D eigenvalue weighted by atomic mass is 35.5. The van der Waals surface area contributed by atoms with Gasteiger partial charge in [-0.15, -0.1) is 0 Å². The maximum atomic E-state index is 13.1. The van der Waals surface area contributed by atoms with Crippen LogP contribution in [-0.4, -0.2) is 41.2 Å². The smallest absolute Gasteiger partial charge is 0.257 e. The maximum absolute atomic E-state index is 13.1. The molecule has 2 aliphatic rings. The first-order valence-corrected chi connectivity index (χ1v) is 10.3. The number of hydrogen-bond acceptors (Lipinski definition) is 3. The van der Waals surface area contributed by atoms with Crippen molar-refractivity contribution in [2.75, 3.05) is 19.6 Å². The topological polar surface area (TPSA) is 35.9 Å². The molecule has 2 aromatic rings. The van der Waals surface area contributed by atoms with Gasteiger partial charge < -0.3 is 0 Å². The average Bonchev–Trinajstić information content (AvgIpc) is 3.32. The molecule has 1 saturated heterocycles. The van der Waals surface area contributed by atoms with Crippen LogP contribution >= 0.6 is 11.6 Å². The number of rotatable bonds is 4. The van der Waals surface area contributed by atoms with Gasteiger partial charge in [0, 0.05) is 17.0 Å². The summed E-state index contributed by atoms with van der Waals surface area (Å²) in [4.78, 5) is 15.4. The average molecular weight is 396 g/mol. The van der Waals surface area contributed by atoms with Gasteiger partial charge in [-0.1, -0.05) is 53.6 Å². The van der Waals surface area contributed by atoms with Crippen molar-refractivity contribution in [1.29, 1.82) is 0 Å². The van der Waals surface area contributed by atoms with Crippen molar-refractivity contribution < 1.29 is 4.79 Å². The van der Waals surface area contributed by atoms with Crippen molar-refractivity contribution in [3.8, 4) is 0 Å². The van der Waals surface area contributed by atoms with Gasteiger partial charge in [0.25, 0.3) is 5.91 Å². The number of benzene rings is 2. The quantitative estimate of drug-likeness (QED) is 0.750. The Morgan fingerprint density at radius 2 is 1.89 bits per heavy atom. The number of hydrogen-bond donors (Lipinski definition) is 0. The second-order valence-electron chi connectivity index (χ2n) is 7.83. The second-order valence-corrected chi connectivity index (χ2v) is 8.24. The van der Waals surface area contributed by atoms with E-state index in [4.69, 9.17) is 16.7 Å². The zero-order chi connectivity index (χ0) is 19.7. The van der Waals surface area contributed by atoms with Gasteiger partial charge in [0.05, 0.1) is 18.3 Å². The number of halogens is 1. The Balaban J connectivity index is 1.67. The first kappa shape index (κ1) is 19.2. The van der Waals surface area contributed by atoms with Crippen LogP contribution in [0.4, 0.5) is 0 Å². The number of carbonyl (C=O) groups excluding carboxylic acids is 1. The molecule has 1 atom stereocenters. The van der Waals surface area contributed by atoms with E-state index in [-0.39, 0.29) is 11.9 Å². The Morgan fingerprint density at radius 1 is 1.14 bits per heavy atom. The lowest BCUT2D eigenvalue weighted by Crippen LogP contribution is -2.37. The Kier molecular flexibility index (Phi) is 5.51. The Bertz CT molecular complexity index is 918. The van der Waals surface area contributed by atoms with Crippen molar-refractivity contribution in [2.24, 2.45) is 5.10 Å². The van der Waals surface area contributed by atoms with Crippen molar-refractivity contribution in [2.45, 2.75) is 39.2 Å². The SMILES string of the molecule is Cc1ccc(C2=NN(C(=O)CN3CCCC3)[C@@H](c3ccccc3Cl)C2)c(C)c1. The van der Waals surface area contributed by atoms with Crippen LogP contribution in [-0.2, 0) is 4.79 Å².